The molecule has 1 amide bonds. The fraction of sp³-hybridized carbons (Fsp3) is 0.263. The van der Waals surface area contributed by atoms with Gasteiger partial charge in [0.1, 0.15) is 11.4 Å². The van der Waals surface area contributed by atoms with Crippen LogP contribution in [-0.4, -0.2) is 43.1 Å². The van der Waals surface area contributed by atoms with Crippen LogP contribution in [0, 0.1) is 0 Å². The zero-order chi connectivity index (χ0) is 19.0. The van der Waals surface area contributed by atoms with Crippen LogP contribution in [0.15, 0.2) is 42.7 Å². The normalized spacial score (nSPS) is 13.7. The van der Waals surface area contributed by atoms with Gasteiger partial charge in [0.2, 0.25) is 0 Å². The smallest absolute Gasteiger partial charge is 0.356 e. The number of amides is 1. The largest absolute Gasteiger partial charge is 0.476 e. The number of carbonyl (C=O) groups excluding carboxylic acids is 1. The Morgan fingerprint density at radius 2 is 2.00 bits per heavy atom. The molecule has 1 N–H and O–H groups in total. The molecule has 0 aliphatic carbocycles. The van der Waals surface area contributed by atoms with Crippen molar-refractivity contribution in [3.63, 3.8) is 0 Å². The van der Waals surface area contributed by atoms with E-state index in [1.807, 2.05) is 37.3 Å². The monoisotopic (exact) mass is 365 g/mol. The van der Waals surface area contributed by atoms with Crippen molar-refractivity contribution in [3.05, 3.63) is 59.7 Å². The molecular weight excluding hydrogens is 346 g/mol. The third-order valence-electron chi connectivity index (χ3n) is 4.60. The lowest BCUT2D eigenvalue weighted by Gasteiger charge is -2.27. The molecular formula is C19H19N5O3. The maximum atomic E-state index is 13.2. The van der Waals surface area contributed by atoms with E-state index in [2.05, 4.69) is 10.2 Å². The number of carboxylic acid groups (broad SMARTS) is 1. The predicted octanol–water partition coefficient (Wildman–Crippen LogP) is 2.38. The minimum atomic E-state index is -1.13. The van der Waals surface area contributed by atoms with Crippen molar-refractivity contribution < 1.29 is 14.7 Å². The Labute approximate surface area is 155 Å². The molecule has 3 heterocycles. The van der Waals surface area contributed by atoms with Crippen LogP contribution in [0.4, 0.5) is 5.69 Å². The second-order valence-corrected chi connectivity index (χ2v) is 6.40. The average Bonchev–Trinajstić information content (AvgIpc) is 3.28. The van der Waals surface area contributed by atoms with Crippen LogP contribution in [0.5, 0.6) is 0 Å². The highest BCUT2D eigenvalue weighted by Crippen LogP contribution is 2.28. The van der Waals surface area contributed by atoms with Crippen molar-refractivity contribution >= 4 is 17.6 Å². The summed E-state index contributed by atoms with van der Waals surface area (Å²) in [5, 5.41) is 18.0. The lowest BCUT2D eigenvalue weighted by atomic mass is 10.0. The van der Waals surface area contributed by atoms with Crippen molar-refractivity contribution in [2.45, 2.75) is 26.3 Å². The molecule has 27 heavy (non-hydrogen) atoms. The highest BCUT2D eigenvalue weighted by molar-refractivity contribution is 6.09. The average molecular weight is 365 g/mol. The lowest BCUT2D eigenvalue weighted by Crippen LogP contribution is -2.38. The molecule has 1 aromatic carbocycles. The summed E-state index contributed by atoms with van der Waals surface area (Å²) in [6.07, 6.45) is 4.72. The summed E-state index contributed by atoms with van der Waals surface area (Å²) in [5.41, 5.74) is 2.05. The number of carbonyl (C=O) groups is 2. The first-order chi connectivity index (χ1) is 13.1. The van der Waals surface area contributed by atoms with Crippen LogP contribution >= 0.6 is 0 Å². The number of aromatic carboxylic acids is 1. The van der Waals surface area contributed by atoms with Gasteiger partial charge in [0, 0.05) is 24.3 Å². The number of aryl methyl sites for hydroxylation is 1. The summed E-state index contributed by atoms with van der Waals surface area (Å²) >= 11 is 0. The number of anilines is 1. The molecule has 1 aliphatic heterocycles. The maximum Gasteiger partial charge on any atom is 0.356 e. The maximum absolute atomic E-state index is 13.2. The van der Waals surface area contributed by atoms with Gasteiger partial charge in [-0.1, -0.05) is 25.1 Å². The van der Waals surface area contributed by atoms with Crippen LogP contribution < -0.4 is 4.90 Å². The molecule has 8 nitrogen and oxygen atoms in total. The Kier molecular flexibility index (Phi) is 4.23. The summed E-state index contributed by atoms with van der Waals surface area (Å²) < 4.78 is 3.17. The van der Waals surface area contributed by atoms with Crippen molar-refractivity contribution in [2.24, 2.45) is 0 Å². The first kappa shape index (κ1) is 17.0. The fourth-order valence-corrected chi connectivity index (χ4v) is 3.39. The molecule has 3 aromatic rings. The fourth-order valence-electron chi connectivity index (χ4n) is 3.39. The molecule has 138 valence electrons. The number of hydrogen-bond acceptors (Lipinski definition) is 4. The van der Waals surface area contributed by atoms with E-state index in [9.17, 15) is 14.7 Å². The quantitative estimate of drug-likeness (QED) is 0.749. The van der Waals surface area contributed by atoms with Crippen LogP contribution in [0.2, 0.25) is 0 Å². The summed E-state index contributed by atoms with van der Waals surface area (Å²) in [5.74, 6) is -1.39. The van der Waals surface area contributed by atoms with Crippen LogP contribution in [-0.2, 0) is 13.0 Å². The van der Waals surface area contributed by atoms with Crippen molar-refractivity contribution in [2.75, 3.05) is 11.4 Å². The van der Waals surface area contributed by atoms with Crippen molar-refractivity contribution in [3.8, 4) is 5.69 Å². The van der Waals surface area contributed by atoms with Crippen LogP contribution in [0.1, 0.15) is 39.9 Å². The van der Waals surface area contributed by atoms with Gasteiger partial charge in [0.15, 0.2) is 5.69 Å². The molecule has 2 aromatic heterocycles. The summed E-state index contributed by atoms with van der Waals surface area (Å²) in [7, 11) is 0. The first-order valence-corrected chi connectivity index (χ1v) is 8.85. The Morgan fingerprint density at radius 3 is 2.70 bits per heavy atom. The number of benzene rings is 1. The van der Waals surface area contributed by atoms with E-state index in [0.717, 1.165) is 18.7 Å². The van der Waals surface area contributed by atoms with E-state index in [1.54, 1.807) is 22.0 Å². The summed E-state index contributed by atoms with van der Waals surface area (Å²) in [4.78, 5) is 26.5. The van der Waals surface area contributed by atoms with E-state index in [1.165, 1.54) is 4.68 Å². The van der Waals surface area contributed by atoms with E-state index < -0.39 is 5.97 Å². The molecule has 0 unspecified atom stereocenters. The lowest BCUT2D eigenvalue weighted by molar-refractivity contribution is 0.0688. The zero-order valence-corrected chi connectivity index (χ0v) is 14.9. The van der Waals surface area contributed by atoms with Crippen LogP contribution in [0.25, 0.3) is 5.69 Å². The highest BCUT2D eigenvalue weighted by Gasteiger charge is 2.35. The topological polar surface area (TPSA) is 93.2 Å². The van der Waals surface area contributed by atoms with E-state index in [4.69, 9.17) is 0 Å². The minimum Gasteiger partial charge on any atom is -0.476 e. The van der Waals surface area contributed by atoms with Crippen LogP contribution in [0.3, 0.4) is 0 Å². The SMILES string of the molecule is CCCn1cc(-n2nc(C(=O)O)c3c2C(=O)N(c2ccccc2)CC3)cn1. The Morgan fingerprint density at radius 1 is 1.22 bits per heavy atom. The van der Waals surface area contributed by atoms with Gasteiger partial charge in [0.25, 0.3) is 5.91 Å². The van der Waals surface area contributed by atoms with E-state index >= 15 is 0 Å². The number of nitrogens with zero attached hydrogens (tertiary/aromatic N) is 5. The number of hydrogen-bond donors (Lipinski definition) is 1. The van der Waals surface area contributed by atoms with Gasteiger partial charge in [0.05, 0.1) is 12.4 Å². The van der Waals surface area contributed by atoms with Crippen molar-refractivity contribution in [1.29, 1.82) is 0 Å². The molecule has 8 heteroatoms. The van der Waals surface area contributed by atoms with Crippen molar-refractivity contribution in [1.82, 2.24) is 19.6 Å². The molecule has 0 atom stereocenters. The molecule has 0 radical (unpaired) electrons. The molecule has 0 saturated carbocycles. The standard InChI is InChI=1S/C19H19N5O3/c1-2-9-22-12-14(11-20-22)24-17-15(16(21-24)19(26)27)8-10-23(18(17)25)13-6-4-3-5-7-13/h3-7,11-12H,2,8-10H2,1H3,(H,26,27). The Hall–Kier alpha value is -3.42. The first-order valence-electron chi connectivity index (χ1n) is 8.85. The zero-order valence-electron chi connectivity index (χ0n) is 14.9. The third kappa shape index (κ3) is 2.88. The summed E-state index contributed by atoms with van der Waals surface area (Å²) in [6.45, 7) is 3.19. The van der Waals surface area contributed by atoms with Gasteiger partial charge < -0.3 is 10.0 Å². The minimum absolute atomic E-state index is 0.0747. The number of para-hydroxylation sites is 1. The predicted molar refractivity (Wildman–Crippen MR) is 98.4 cm³/mol. The van der Waals surface area contributed by atoms with Gasteiger partial charge in [-0.05, 0) is 25.0 Å². The molecule has 0 bridgehead atoms. The Bertz CT molecular complexity index is 1010. The second kappa shape index (κ2) is 6.71. The van der Waals surface area contributed by atoms with E-state index in [0.29, 0.717) is 29.9 Å². The van der Waals surface area contributed by atoms with Gasteiger partial charge >= 0.3 is 5.97 Å². The number of rotatable bonds is 5. The number of fused-ring (bicyclic) bond motifs is 1. The van der Waals surface area contributed by atoms with E-state index in [-0.39, 0.29) is 11.6 Å². The molecule has 4 rings (SSSR count). The van der Waals surface area contributed by atoms with Gasteiger partial charge in [-0.15, -0.1) is 0 Å². The highest BCUT2D eigenvalue weighted by atomic mass is 16.4. The Balaban J connectivity index is 1.82. The van der Waals surface area contributed by atoms with Gasteiger partial charge in [-0.25, -0.2) is 9.48 Å². The molecule has 0 fully saturated rings. The summed E-state index contributed by atoms with van der Waals surface area (Å²) in [6, 6.07) is 9.35. The second-order valence-electron chi connectivity index (χ2n) is 6.40. The molecule has 0 spiro atoms. The number of carboxylic acids is 1. The third-order valence-corrected chi connectivity index (χ3v) is 4.60. The van der Waals surface area contributed by atoms with Gasteiger partial charge in [-0.3, -0.25) is 9.48 Å². The molecule has 1 aliphatic rings. The number of aromatic nitrogens is 4. The molecule has 0 saturated heterocycles. The van der Waals surface area contributed by atoms with Gasteiger partial charge in [-0.2, -0.15) is 10.2 Å².